The Morgan fingerprint density at radius 1 is 0.727 bits per heavy atom. The maximum Gasteiger partial charge on any atom is 0.305 e. The first-order valence-electron chi connectivity index (χ1n) is 21.7. The Morgan fingerprint density at radius 2 is 1.31 bits per heavy atom. The highest BCUT2D eigenvalue weighted by Crippen LogP contribution is 2.50. The van der Waals surface area contributed by atoms with E-state index in [0.717, 1.165) is 51.6 Å². The van der Waals surface area contributed by atoms with E-state index >= 15 is 0 Å². The Labute approximate surface area is 340 Å². The van der Waals surface area contributed by atoms with Crippen molar-refractivity contribution >= 4 is 30.9 Å². The first-order chi connectivity index (χ1) is 24.9. The lowest BCUT2D eigenvalue weighted by Gasteiger charge is -2.54. The molecule has 4 aliphatic rings. The molecule has 4 rings (SSSR count). The van der Waals surface area contributed by atoms with Crippen molar-refractivity contribution < 1.29 is 41.8 Å². The Hall–Kier alpha value is -0.159. The standard InChI is InChI=1S/C43H84O9Si3/c1-39(2,3)53(13,14)46-27-19-20-35-43(11,52-55(17,18)41(7,8)9)26-24-32-31(48-35)23-25-42(10)36(49-32)29-33-38(50-42)34(51-54(15,16)40(4,5)6)28-30(47-33)21-22-37(44)45-12/h30-36,38H,19-29H2,1-18H3/t30-,31+,32-,33-,34+,35-,36+,38-,42-,43+/m1/s1. The van der Waals surface area contributed by atoms with E-state index in [1.54, 1.807) is 0 Å². The molecule has 4 saturated heterocycles. The van der Waals surface area contributed by atoms with Crippen LogP contribution < -0.4 is 0 Å². The summed E-state index contributed by atoms with van der Waals surface area (Å²) in [4.78, 5) is 12.2. The number of hydrogen-bond acceptors (Lipinski definition) is 9. The zero-order valence-corrected chi connectivity index (χ0v) is 41.6. The van der Waals surface area contributed by atoms with Crippen LogP contribution in [0.25, 0.3) is 0 Å². The van der Waals surface area contributed by atoms with Gasteiger partial charge in [0.05, 0.1) is 61.0 Å². The van der Waals surface area contributed by atoms with Gasteiger partial charge in [0.25, 0.3) is 0 Å². The molecule has 0 radical (unpaired) electrons. The van der Waals surface area contributed by atoms with Crippen molar-refractivity contribution in [1.29, 1.82) is 0 Å². The first kappa shape index (κ1) is 47.5. The van der Waals surface area contributed by atoms with E-state index in [1.165, 1.54) is 7.11 Å². The number of carbonyl (C=O) groups excluding carboxylic acids is 1. The lowest BCUT2D eigenvalue weighted by atomic mass is 9.81. The molecule has 0 unspecified atom stereocenters. The Kier molecular flexibility index (Phi) is 14.7. The Bertz CT molecular complexity index is 1290. The van der Waals surface area contributed by atoms with Crippen molar-refractivity contribution in [3.63, 3.8) is 0 Å². The van der Waals surface area contributed by atoms with Crippen LogP contribution in [0.3, 0.4) is 0 Å². The maximum atomic E-state index is 12.2. The molecular weight excluding hydrogens is 745 g/mol. The molecule has 9 nitrogen and oxygen atoms in total. The van der Waals surface area contributed by atoms with Gasteiger partial charge in [-0.15, -0.1) is 0 Å². The summed E-state index contributed by atoms with van der Waals surface area (Å²) in [6.45, 7) is 40.0. The van der Waals surface area contributed by atoms with Crippen molar-refractivity contribution in [2.75, 3.05) is 13.7 Å². The summed E-state index contributed by atoms with van der Waals surface area (Å²) in [5, 5.41) is 0.309. The Balaban J connectivity index is 1.58. The van der Waals surface area contributed by atoms with Crippen LogP contribution in [0.4, 0.5) is 0 Å². The minimum absolute atomic E-state index is 0.0522. The van der Waals surface area contributed by atoms with Gasteiger partial charge < -0.3 is 37.0 Å². The van der Waals surface area contributed by atoms with Crippen molar-refractivity contribution in [1.82, 2.24) is 0 Å². The summed E-state index contributed by atoms with van der Waals surface area (Å²) in [6, 6.07) is 0. The van der Waals surface area contributed by atoms with Gasteiger partial charge in [0, 0.05) is 25.9 Å². The van der Waals surface area contributed by atoms with Gasteiger partial charge in [0.1, 0.15) is 6.10 Å². The molecule has 0 N–H and O–H groups in total. The van der Waals surface area contributed by atoms with E-state index in [0.29, 0.717) is 19.3 Å². The van der Waals surface area contributed by atoms with Crippen LogP contribution >= 0.6 is 0 Å². The van der Waals surface area contributed by atoms with Crippen molar-refractivity contribution in [3.05, 3.63) is 0 Å². The minimum atomic E-state index is -2.14. The van der Waals surface area contributed by atoms with E-state index in [4.69, 9.17) is 37.0 Å². The molecule has 4 aliphatic heterocycles. The van der Waals surface area contributed by atoms with Crippen LogP contribution in [0.5, 0.6) is 0 Å². The summed E-state index contributed by atoms with van der Waals surface area (Å²) < 4.78 is 54.8. The lowest BCUT2D eigenvalue weighted by Crippen LogP contribution is -2.64. The largest absolute Gasteiger partial charge is 0.469 e. The predicted octanol–water partition coefficient (Wildman–Crippen LogP) is 10.7. The molecule has 0 spiro atoms. The van der Waals surface area contributed by atoms with Crippen LogP contribution in [-0.4, -0.2) is 105 Å². The van der Waals surface area contributed by atoms with Gasteiger partial charge in [-0.1, -0.05) is 62.3 Å². The van der Waals surface area contributed by atoms with Gasteiger partial charge in [-0.3, -0.25) is 4.79 Å². The molecule has 0 aliphatic carbocycles. The Morgan fingerprint density at radius 3 is 1.89 bits per heavy atom. The van der Waals surface area contributed by atoms with Gasteiger partial charge >= 0.3 is 5.97 Å². The highest BCUT2D eigenvalue weighted by Gasteiger charge is 2.57. The summed E-state index contributed by atoms with van der Waals surface area (Å²) in [5.41, 5.74) is -0.929. The van der Waals surface area contributed by atoms with E-state index in [1.807, 2.05) is 0 Å². The molecule has 10 atom stereocenters. The third-order valence-corrected chi connectivity index (χ3v) is 28.7. The van der Waals surface area contributed by atoms with E-state index < -0.39 is 36.2 Å². The molecule has 0 bridgehead atoms. The van der Waals surface area contributed by atoms with Gasteiger partial charge in [0.2, 0.25) is 0 Å². The van der Waals surface area contributed by atoms with Crippen LogP contribution in [-0.2, 0) is 41.8 Å². The SMILES string of the molecule is COC(=O)CC[C@@H]1C[C@H](O[Si](C)(C)C(C)(C)C)[C@@H]2O[C@]3(C)CC[C@@H]4O[C@H](CCCO[Si](C)(C)C(C)(C)C)[C@@](C)(O[Si](C)(C)C(C)(C)C)CC[C@H]4O[C@H]3C[C@H]2O1. The average molecular weight is 829 g/mol. The van der Waals surface area contributed by atoms with E-state index in [9.17, 15) is 4.79 Å². The molecule has 0 aromatic heterocycles. The molecule has 322 valence electrons. The maximum absolute atomic E-state index is 12.2. The van der Waals surface area contributed by atoms with E-state index in [2.05, 4.69) is 115 Å². The molecule has 4 heterocycles. The topological polar surface area (TPSA) is 90.9 Å². The number of fused-ring (bicyclic) bond motifs is 3. The van der Waals surface area contributed by atoms with Gasteiger partial charge in [-0.05, 0) is 113 Å². The number of esters is 1. The monoisotopic (exact) mass is 829 g/mol. The number of rotatable bonds is 12. The molecule has 0 aromatic rings. The molecule has 0 aromatic carbocycles. The summed E-state index contributed by atoms with van der Waals surface area (Å²) >= 11 is 0. The minimum Gasteiger partial charge on any atom is -0.469 e. The fraction of sp³-hybridized carbons (Fsp3) is 0.977. The quantitative estimate of drug-likeness (QED) is 0.108. The highest BCUT2D eigenvalue weighted by molar-refractivity contribution is 6.75. The fourth-order valence-electron chi connectivity index (χ4n) is 8.16. The van der Waals surface area contributed by atoms with Crippen LogP contribution in [0, 0.1) is 0 Å². The number of hydrogen-bond donors (Lipinski definition) is 0. The van der Waals surface area contributed by atoms with Gasteiger partial charge in [-0.25, -0.2) is 0 Å². The predicted molar refractivity (Wildman–Crippen MR) is 229 cm³/mol. The summed E-state index contributed by atoms with van der Waals surface area (Å²) in [6.07, 6.45) is 6.65. The molecule has 12 heteroatoms. The van der Waals surface area contributed by atoms with E-state index in [-0.39, 0.29) is 69.9 Å². The van der Waals surface area contributed by atoms with Gasteiger partial charge in [0.15, 0.2) is 25.0 Å². The zero-order chi connectivity index (χ0) is 41.6. The van der Waals surface area contributed by atoms with Crippen molar-refractivity contribution in [3.8, 4) is 0 Å². The average Bonchev–Trinajstić information content (AvgIpc) is 3.24. The zero-order valence-electron chi connectivity index (χ0n) is 38.6. The second-order valence-corrected chi connectivity index (χ2v) is 36.8. The molecular formula is C43H84O9Si3. The fourth-order valence-corrected chi connectivity index (χ4v) is 12.3. The molecule has 0 saturated carbocycles. The number of carbonyl (C=O) groups is 1. The van der Waals surface area contributed by atoms with Crippen LogP contribution in [0.15, 0.2) is 0 Å². The lowest BCUT2D eigenvalue weighted by molar-refractivity contribution is -0.290. The second kappa shape index (κ2) is 17.1. The normalized spacial score (nSPS) is 35.5. The van der Waals surface area contributed by atoms with Crippen molar-refractivity contribution in [2.45, 2.75) is 255 Å². The van der Waals surface area contributed by atoms with Crippen LogP contribution in [0.1, 0.15) is 140 Å². The summed E-state index contributed by atoms with van der Waals surface area (Å²) in [7, 11) is -4.67. The molecule has 4 fully saturated rings. The third kappa shape index (κ3) is 11.2. The third-order valence-electron chi connectivity index (χ3n) is 15.1. The molecule has 0 amide bonds. The van der Waals surface area contributed by atoms with Crippen LogP contribution in [0.2, 0.25) is 54.4 Å². The number of ether oxygens (including phenoxy) is 5. The first-order valence-corrected chi connectivity index (χ1v) is 30.4. The number of methoxy groups -OCH3 is 1. The smallest absolute Gasteiger partial charge is 0.305 e. The molecule has 55 heavy (non-hydrogen) atoms. The summed E-state index contributed by atoms with van der Waals surface area (Å²) in [5.74, 6) is -0.211. The van der Waals surface area contributed by atoms with Gasteiger partial charge in [-0.2, -0.15) is 0 Å². The highest BCUT2D eigenvalue weighted by atomic mass is 28.4. The second-order valence-electron chi connectivity index (χ2n) is 22.5. The van der Waals surface area contributed by atoms with Crippen molar-refractivity contribution in [2.24, 2.45) is 0 Å².